The van der Waals surface area contributed by atoms with Gasteiger partial charge in [-0.25, -0.2) is 9.46 Å². The van der Waals surface area contributed by atoms with Gasteiger partial charge < -0.3 is 10.2 Å². The van der Waals surface area contributed by atoms with Gasteiger partial charge in [-0.2, -0.15) is 0 Å². The van der Waals surface area contributed by atoms with E-state index < -0.39 is 20.3 Å². The van der Waals surface area contributed by atoms with Crippen LogP contribution in [0.15, 0.2) is 0 Å². The lowest BCUT2D eigenvalue weighted by Gasteiger charge is -2.28. The van der Waals surface area contributed by atoms with Crippen molar-refractivity contribution in [1.29, 1.82) is 0 Å². The zero-order chi connectivity index (χ0) is 13.5. The van der Waals surface area contributed by atoms with Gasteiger partial charge in [0, 0.05) is 0 Å². The summed E-state index contributed by atoms with van der Waals surface area (Å²) in [7, 11) is -3.62. The zero-order valence-electron chi connectivity index (χ0n) is 10.7. The van der Waals surface area contributed by atoms with Crippen molar-refractivity contribution >= 4 is 7.82 Å². The predicted molar refractivity (Wildman–Crippen MR) is 62.0 cm³/mol. The van der Waals surface area contributed by atoms with Crippen LogP contribution in [0.25, 0.3) is 0 Å². The fourth-order valence-electron chi connectivity index (χ4n) is 1.09. The lowest BCUT2D eigenvalue weighted by atomic mass is 10.5. The third kappa shape index (κ3) is 6.47. The third-order valence-corrected chi connectivity index (χ3v) is 3.48. The largest absolute Gasteiger partial charge is 0.476 e. The van der Waals surface area contributed by atoms with E-state index in [1.807, 2.05) is 0 Å². The van der Waals surface area contributed by atoms with Crippen molar-refractivity contribution in [1.82, 2.24) is 4.90 Å². The average molecular weight is 271 g/mol. The maximum absolute atomic E-state index is 11.9. The van der Waals surface area contributed by atoms with E-state index >= 15 is 0 Å². The molecule has 0 amide bonds. The van der Waals surface area contributed by atoms with E-state index in [-0.39, 0.29) is 19.9 Å². The van der Waals surface area contributed by atoms with Gasteiger partial charge in [0.25, 0.3) is 0 Å². The number of phosphoric acid groups is 1. The van der Waals surface area contributed by atoms with Crippen LogP contribution >= 0.6 is 7.82 Å². The Morgan fingerprint density at radius 2 is 1.47 bits per heavy atom. The highest BCUT2D eigenvalue weighted by Crippen LogP contribution is 2.49. The number of hydrogen-bond donors (Lipinski definition) is 2. The third-order valence-electron chi connectivity index (χ3n) is 1.90. The molecule has 0 saturated heterocycles. The van der Waals surface area contributed by atoms with E-state index in [2.05, 4.69) is 0 Å². The summed E-state index contributed by atoms with van der Waals surface area (Å²) >= 11 is 0. The quantitative estimate of drug-likeness (QED) is 0.480. The van der Waals surface area contributed by atoms with Gasteiger partial charge >= 0.3 is 7.82 Å². The van der Waals surface area contributed by atoms with Crippen LogP contribution in [0.3, 0.4) is 0 Å². The minimum Gasteiger partial charge on any atom is -0.379 e. The highest BCUT2D eigenvalue weighted by atomic mass is 31.2. The molecule has 0 radical (unpaired) electrons. The molecule has 17 heavy (non-hydrogen) atoms. The van der Waals surface area contributed by atoms with Crippen molar-refractivity contribution in [3.63, 3.8) is 0 Å². The van der Waals surface area contributed by atoms with E-state index in [0.29, 0.717) is 0 Å². The standard InChI is InChI=1S/C9H22NO6P/c1-5-14-17(13,15-6-2)16-7-10(8(3)11)9(4)12/h8-9,11-12H,5-7H2,1-4H3. The molecule has 0 spiro atoms. The van der Waals surface area contributed by atoms with Crippen LogP contribution in [-0.4, -0.2) is 47.5 Å². The number of rotatable bonds is 9. The molecule has 0 aromatic rings. The fourth-order valence-corrected chi connectivity index (χ4v) is 2.22. The van der Waals surface area contributed by atoms with Crippen molar-refractivity contribution in [3.05, 3.63) is 0 Å². The summed E-state index contributed by atoms with van der Waals surface area (Å²) in [6, 6.07) is 0. The Morgan fingerprint density at radius 1 is 1.06 bits per heavy atom. The molecule has 104 valence electrons. The lowest BCUT2D eigenvalue weighted by Crippen LogP contribution is -2.41. The number of aliphatic hydroxyl groups is 2. The van der Waals surface area contributed by atoms with Gasteiger partial charge in [0.05, 0.1) is 13.2 Å². The van der Waals surface area contributed by atoms with Crippen LogP contribution in [0.1, 0.15) is 27.7 Å². The molecule has 8 heteroatoms. The first-order valence-electron chi connectivity index (χ1n) is 5.51. The molecule has 0 fully saturated rings. The molecule has 7 nitrogen and oxygen atoms in total. The Morgan fingerprint density at radius 3 is 1.76 bits per heavy atom. The maximum Gasteiger partial charge on any atom is 0.476 e. The molecule has 0 bridgehead atoms. The molecule has 0 aliphatic rings. The van der Waals surface area contributed by atoms with Crippen molar-refractivity contribution in [3.8, 4) is 0 Å². The molecule has 0 heterocycles. The molecule has 0 rings (SSSR count). The smallest absolute Gasteiger partial charge is 0.379 e. The van der Waals surface area contributed by atoms with Gasteiger partial charge in [-0.05, 0) is 27.7 Å². The number of nitrogens with zero attached hydrogens (tertiary/aromatic N) is 1. The zero-order valence-corrected chi connectivity index (χ0v) is 11.6. The summed E-state index contributed by atoms with van der Waals surface area (Å²) in [4.78, 5) is 1.19. The molecule has 2 N–H and O–H groups in total. The first kappa shape index (κ1) is 17.0. The summed E-state index contributed by atoms with van der Waals surface area (Å²) in [5.41, 5.74) is 0. The number of hydrogen-bond acceptors (Lipinski definition) is 7. The second-order valence-electron chi connectivity index (χ2n) is 3.32. The SMILES string of the molecule is CCOP(=O)(OCC)OCN(C(C)O)C(C)O. The van der Waals surface area contributed by atoms with Crippen LogP contribution in [-0.2, 0) is 18.1 Å². The molecule has 2 unspecified atom stereocenters. The van der Waals surface area contributed by atoms with Crippen molar-refractivity contribution < 1.29 is 28.3 Å². The molecule has 0 aromatic carbocycles. The minimum absolute atomic E-state index is 0.181. The van der Waals surface area contributed by atoms with Crippen molar-refractivity contribution in [2.75, 3.05) is 19.9 Å². The molecule has 2 atom stereocenters. The van der Waals surface area contributed by atoms with Crippen LogP contribution in [0.2, 0.25) is 0 Å². The normalized spacial score (nSPS) is 16.2. The Hall–Kier alpha value is -0.0100. The number of aliphatic hydroxyl groups excluding tert-OH is 2. The van der Waals surface area contributed by atoms with Gasteiger partial charge in [-0.15, -0.1) is 0 Å². The first-order chi connectivity index (χ1) is 7.86. The first-order valence-corrected chi connectivity index (χ1v) is 6.97. The number of phosphoric ester groups is 1. The molecule has 0 aromatic heterocycles. The molecular formula is C9H22NO6P. The summed E-state index contributed by atoms with van der Waals surface area (Å²) in [5.74, 6) is 0. The summed E-state index contributed by atoms with van der Waals surface area (Å²) in [6.45, 7) is 6.35. The Balaban J connectivity index is 4.41. The van der Waals surface area contributed by atoms with Gasteiger partial charge in [0.15, 0.2) is 0 Å². The van der Waals surface area contributed by atoms with E-state index in [1.165, 1.54) is 18.7 Å². The van der Waals surface area contributed by atoms with Gasteiger partial charge in [-0.3, -0.25) is 13.6 Å². The Bertz CT molecular complexity index is 230. The van der Waals surface area contributed by atoms with Crippen molar-refractivity contribution in [2.24, 2.45) is 0 Å². The monoisotopic (exact) mass is 271 g/mol. The molecule has 0 aliphatic heterocycles. The summed E-state index contributed by atoms with van der Waals surface area (Å²) < 4.78 is 26.7. The van der Waals surface area contributed by atoms with Gasteiger partial charge in [-0.1, -0.05) is 0 Å². The highest BCUT2D eigenvalue weighted by molar-refractivity contribution is 7.48. The Labute approximate surface area is 102 Å². The Kier molecular flexibility index (Phi) is 8.15. The second-order valence-corrected chi connectivity index (χ2v) is 4.99. The predicted octanol–water partition coefficient (Wildman–Crippen LogP) is 1.12. The van der Waals surface area contributed by atoms with E-state index in [4.69, 9.17) is 13.6 Å². The van der Waals surface area contributed by atoms with E-state index in [1.54, 1.807) is 13.8 Å². The average Bonchev–Trinajstić information content (AvgIpc) is 2.17. The molecule has 0 saturated carbocycles. The van der Waals surface area contributed by atoms with E-state index in [9.17, 15) is 14.8 Å². The lowest BCUT2D eigenvalue weighted by molar-refractivity contribution is -0.120. The van der Waals surface area contributed by atoms with Crippen LogP contribution in [0.4, 0.5) is 0 Å². The summed E-state index contributed by atoms with van der Waals surface area (Å²) in [5, 5.41) is 18.7. The highest BCUT2D eigenvalue weighted by Gasteiger charge is 2.28. The molecule has 0 aliphatic carbocycles. The maximum atomic E-state index is 11.9. The second kappa shape index (κ2) is 8.16. The van der Waals surface area contributed by atoms with Crippen LogP contribution in [0.5, 0.6) is 0 Å². The topological polar surface area (TPSA) is 88.5 Å². The van der Waals surface area contributed by atoms with Crippen LogP contribution < -0.4 is 0 Å². The van der Waals surface area contributed by atoms with Gasteiger partial charge in [0.1, 0.15) is 19.2 Å². The summed E-state index contributed by atoms with van der Waals surface area (Å²) in [6.07, 6.45) is -1.88. The van der Waals surface area contributed by atoms with Crippen LogP contribution in [0, 0.1) is 0 Å². The molecular weight excluding hydrogens is 249 g/mol. The fraction of sp³-hybridized carbons (Fsp3) is 1.00. The van der Waals surface area contributed by atoms with Gasteiger partial charge in [0.2, 0.25) is 0 Å². The van der Waals surface area contributed by atoms with Crippen molar-refractivity contribution in [2.45, 2.75) is 40.2 Å². The van der Waals surface area contributed by atoms with E-state index in [0.717, 1.165) is 0 Å². The minimum atomic E-state index is -3.62.